The van der Waals surface area contributed by atoms with Gasteiger partial charge >= 0.3 is 0 Å². The number of nitrogens with one attached hydrogen (secondary N) is 2. The molecular formula is C13H16N4O2. The molecule has 1 heterocycles. The Labute approximate surface area is 111 Å². The molecule has 0 aromatic carbocycles. The van der Waals surface area contributed by atoms with E-state index < -0.39 is 0 Å². The molecule has 0 unspecified atom stereocenters. The van der Waals surface area contributed by atoms with E-state index in [9.17, 15) is 9.59 Å². The molecule has 0 fully saturated rings. The van der Waals surface area contributed by atoms with Crippen LogP contribution in [0.5, 0.6) is 0 Å². The minimum atomic E-state index is -0.335. The van der Waals surface area contributed by atoms with Crippen LogP contribution >= 0.6 is 0 Å². The van der Waals surface area contributed by atoms with E-state index in [0.29, 0.717) is 30.7 Å². The van der Waals surface area contributed by atoms with E-state index in [0.717, 1.165) is 6.21 Å². The molecule has 0 spiro atoms. The van der Waals surface area contributed by atoms with Crippen molar-refractivity contribution in [1.29, 1.82) is 5.41 Å². The predicted octanol–water partition coefficient (Wildman–Crippen LogP) is 0.639. The molecule has 0 aromatic rings. The average molecular weight is 260 g/mol. The van der Waals surface area contributed by atoms with Crippen LogP contribution in [-0.2, 0) is 9.59 Å². The Morgan fingerprint density at radius 2 is 1.79 bits per heavy atom. The van der Waals surface area contributed by atoms with Gasteiger partial charge in [-0.15, -0.1) is 0 Å². The predicted molar refractivity (Wildman–Crippen MR) is 74.0 cm³/mol. The number of hydrazone groups is 1. The summed E-state index contributed by atoms with van der Waals surface area (Å²) < 4.78 is 0. The highest BCUT2D eigenvalue weighted by Gasteiger charge is 2.34. The van der Waals surface area contributed by atoms with Gasteiger partial charge in [-0.2, -0.15) is 5.10 Å². The van der Waals surface area contributed by atoms with Crippen LogP contribution in [0.2, 0.25) is 0 Å². The molecular weight excluding hydrogens is 244 g/mol. The molecule has 0 aliphatic carbocycles. The normalized spacial score (nSPS) is 15.3. The van der Waals surface area contributed by atoms with Crippen molar-refractivity contribution < 1.29 is 9.59 Å². The van der Waals surface area contributed by atoms with E-state index in [1.165, 1.54) is 23.3 Å². The third-order valence-electron chi connectivity index (χ3n) is 2.56. The Morgan fingerprint density at radius 1 is 1.21 bits per heavy atom. The second-order valence-corrected chi connectivity index (χ2v) is 3.70. The zero-order chi connectivity index (χ0) is 14.3. The summed E-state index contributed by atoms with van der Waals surface area (Å²) in [5, 5.41) is 10.4. The first kappa shape index (κ1) is 14.6. The lowest BCUT2D eigenvalue weighted by atomic mass is 10.1. The van der Waals surface area contributed by atoms with E-state index in [1.807, 2.05) is 0 Å². The number of carbonyl (C=O) groups excluding carboxylic acids is 2. The smallest absolute Gasteiger partial charge is 0.261 e. The van der Waals surface area contributed by atoms with Gasteiger partial charge in [-0.05, 0) is 6.42 Å². The van der Waals surface area contributed by atoms with Crippen LogP contribution in [0, 0.1) is 5.41 Å². The Bertz CT molecular complexity index is 447. The quantitative estimate of drug-likeness (QED) is 0.290. The van der Waals surface area contributed by atoms with Crippen LogP contribution in [0.1, 0.15) is 6.42 Å². The summed E-state index contributed by atoms with van der Waals surface area (Å²) in [6.07, 6.45) is 5.69. The second kappa shape index (κ2) is 7.05. The molecule has 2 amide bonds. The van der Waals surface area contributed by atoms with Gasteiger partial charge in [0.1, 0.15) is 0 Å². The molecule has 6 heteroatoms. The maximum atomic E-state index is 11.9. The van der Waals surface area contributed by atoms with Crippen LogP contribution in [0.4, 0.5) is 0 Å². The average Bonchev–Trinajstić information content (AvgIpc) is 2.65. The second-order valence-electron chi connectivity index (χ2n) is 3.70. The van der Waals surface area contributed by atoms with Crippen molar-refractivity contribution in [3.63, 3.8) is 0 Å². The highest BCUT2D eigenvalue weighted by Crippen LogP contribution is 2.22. The lowest BCUT2D eigenvalue weighted by molar-refractivity contribution is -0.137. The van der Waals surface area contributed by atoms with Crippen LogP contribution < -0.4 is 5.43 Å². The molecule has 19 heavy (non-hydrogen) atoms. The molecule has 0 saturated heterocycles. The summed E-state index contributed by atoms with van der Waals surface area (Å²) >= 11 is 0. The summed E-state index contributed by atoms with van der Waals surface area (Å²) in [4.78, 5) is 25.0. The summed E-state index contributed by atoms with van der Waals surface area (Å²) in [6.45, 7) is 7.88. The van der Waals surface area contributed by atoms with E-state index in [4.69, 9.17) is 5.41 Å². The van der Waals surface area contributed by atoms with Crippen LogP contribution in [0.25, 0.3) is 0 Å². The largest absolute Gasteiger partial charge is 0.310 e. The number of imide groups is 1. The molecule has 0 atom stereocenters. The number of hydrogen-bond donors (Lipinski definition) is 2. The van der Waals surface area contributed by atoms with E-state index in [2.05, 4.69) is 23.7 Å². The van der Waals surface area contributed by atoms with Gasteiger partial charge in [-0.3, -0.25) is 14.5 Å². The van der Waals surface area contributed by atoms with E-state index >= 15 is 0 Å². The van der Waals surface area contributed by atoms with Crippen LogP contribution in [-0.4, -0.2) is 42.2 Å². The number of amides is 2. The van der Waals surface area contributed by atoms with Crippen molar-refractivity contribution in [2.75, 3.05) is 13.1 Å². The fourth-order valence-electron chi connectivity index (χ4n) is 1.68. The van der Waals surface area contributed by atoms with Gasteiger partial charge in [0, 0.05) is 19.3 Å². The van der Waals surface area contributed by atoms with Crippen molar-refractivity contribution in [3.05, 3.63) is 36.5 Å². The Kier molecular flexibility index (Phi) is 5.40. The van der Waals surface area contributed by atoms with E-state index in [-0.39, 0.29) is 11.8 Å². The fraction of sp³-hybridized carbons (Fsp3) is 0.231. The Hall–Kier alpha value is -2.50. The summed E-state index contributed by atoms with van der Waals surface area (Å²) in [5.41, 5.74) is 3.31. The first-order valence-electron chi connectivity index (χ1n) is 5.77. The minimum Gasteiger partial charge on any atom is -0.310 e. The highest BCUT2D eigenvalue weighted by molar-refractivity contribution is 6.21. The standard InChI is InChI=1S/C13H16N4O2/c1-3-10-11(4-2)13(19)17(12(10)18)9-5-7-15-16-8-6-14/h3-4,6,8,14-15H,1-2,5,7,9H2/b14-6?,16-8-. The van der Waals surface area contributed by atoms with Gasteiger partial charge in [-0.1, -0.05) is 25.3 Å². The van der Waals surface area contributed by atoms with Gasteiger partial charge in [0.25, 0.3) is 11.8 Å². The molecule has 0 bridgehead atoms. The van der Waals surface area contributed by atoms with E-state index in [1.54, 1.807) is 0 Å². The zero-order valence-corrected chi connectivity index (χ0v) is 10.6. The summed E-state index contributed by atoms with van der Waals surface area (Å²) in [7, 11) is 0. The van der Waals surface area contributed by atoms with Crippen molar-refractivity contribution in [2.45, 2.75) is 6.42 Å². The monoisotopic (exact) mass is 260 g/mol. The van der Waals surface area contributed by atoms with Gasteiger partial charge in [-0.25, -0.2) is 0 Å². The van der Waals surface area contributed by atoms with Gasteiger partial charge in [0.05, 0.1) is 17.4 Å². The Morgan fingerprint density at radius 3 is 2.26 bits per heavy atom. The molecule has 1 aliphatic rings. The molecule has 2 N–H and O–H groups in total. The molecule has 0 radical (unpaired) electrons. The van der Waals surface area contributed by atoms with Crippen molar-refractivity contribution in [3.8, 4) is 0 Å². The molecule has 1 aliphatic heterocycles. The summed E-state index contributed by atoms with van der Waals surface area (Å²) in [5.74, 6) is -0.671. The summed E-state index contributed by atoms with van der Waals surface area (Å²) in [6, 6.07) is 0. The third kappa shape index (κ3) is 3.25. The number of rotatable bonds is 8. The molecule has 0 saturated carbocycles. The number of carbonyl (C=O) groups is 2. The molecule has 1 rings (SSSR count). The fourth-order valence-corrected chi connectivity index (χ4v) is 1.68. The lowest BCUT2D eigenvalue weighted by Crippen LogP contribution is -2.33. The SMILES string of the molecule is C=CC1=C(C=C)C(=O)N(CCCN/N=C\C=N)C1=O. The molecule has 100 valence electrons. The van der Waals surface area contributed by atoms with Gasteiger partial charge in [0.2, 0.25) is 0 Å². The first-order chi connectivity index (χ1) is 9.17. The minimum absolute atomic E-state index is 0.301. The lowest BCUT2D eigenvalue weighted by Gasteiger charge is -2.14. The van der Waals surface area contributed by atoms with Gasteiger partial charge in [0.15, 0.2) is 0 Å². The maximum Gasteiger partial charge on any atom is 0.261 e. The Balaban J connectivity index is 2.54. The third-order valence-corrected chi connectivity index (χ3v) is 2.56. The molecule has 0 aromatic heterocycles. The van der Waals surface area contributed by atoms with Crippen molar-refractivity contribution in [1.82, 2.24) is 10.3 Å². The van der Waals surface area contributed by atoms with Crippen molar-refractivity contribution in [2.24, 2.45) is 5.10 Å². The number of nitrogens with zero attached hydrogens (tertiary/aromatic N) is 2. The van der Waals surface area contributed by atoms with Crippen LogP contribution in [0.3, 0.4) is 0 Å². The zero-order valence-electron chi connectivity index (χ0n) is 10.6. The van der Waals surface area contributed by atoms with Crippen LogP contribution in [0.15, 0.2) is 41.6 Å². The maximum absolute atomic E-state index is 11.9. The number of hydrogen-bond acceptors (Lipinski definition) is 5. The van der Waals surface area contributed by atoms with Gasteiger partial charge < -0.3 is 10.8 Å². The van der Waals surface area contributed by atoms with Crippen molar-refractivity contribution >= 4 is 24.2 Å². The highest BCUT2D eigenvalue weighted by atomic mass is 16.2. The first-order valence-corrected chi connectivity index (χ1v) is 5.77. The molecule has 6 nitrogen and oxygen atoms in total. The topological polar surface area (TPSA) is 85.6 Å².